The highest BCUT2D eigenvalue weighted by Gasteiger charge is 2.17. The van der Waals surface area contributed by atoms with Crippen molar-refractivity contribution in [1.82, 2.24) is 4.57 Å². The quantitative estimate of drug-likeness (QED) is 0.471. The van der Waals surface area contributed by atoms with Gasteiger partial charge in [-0.1, -0.05) is 12.1 Å². The molecule has 33 heavy (non-hydrogen) atoms. The predicted octanol–water partition coefficient (Wildman–Crippen LogP) is 3.76. The van der Waals surface area contributed by atoms with Crippen LogP contribution in [-0.4, -0.2) is 50.2 Å². The lowest BCUT2D eigenvalue weighted by Crippen LogP contribution is -2.36. The molecule has 1 fully saturated rings. The summed E-state index contributed by atoms with van der Waals surface area (Å²) >= 11 is 0. The number of methoxy groups -OCH3 is 2. The van der Waals surface area contributed by atoms with E-state index in [9.17, 15) is 9.90 Å². The number of benzene rings is 3. The van der Waals surface area contributed by atoms with E-state index in [-0.39, 0.29) is 11.2 Å². The molecule has 0 radical (unpaired) electrons. The molecule has 0 amide bonds. The highest BCUT2D eigenvalue weighted by Crippen LogP contribution is 2.37. The van der Waals surface area contributed by atoms with E-state index in [4.69, 9.17) is 14.2 Å². The number of aromatic nitrogens is 1. The molecule has 2 heterocycles. The number of morpholine rings is 1. The van der Waals surface area contributed by atoms with Crippen LogP contribution < -0.4 is 19.8 Å². The second-order valence-corrected chi connectivity index (χ2v) is 8.08. The molecule has 0 aliphatic carbocycles. The van der Waals surface area contributed by atoms with E-state index < -0.39 is 0 Å². The number of anilines is 1. The van der Waals surface area contributed by atoms with Gasteiger partial charge in [0, 0.05) is 36.1 Å². The summed E-state index contributed by atoms with van der Waals surface area (Å²) in [6.07, 6.45) is 0. The van der Waals surface area contributed by atoms with Crippen molar-refractivity contribution in [2.24, 2.45) is 0 Å². The van der Waals surface area contributed by atoms with Gasteiger partial charge in [-0.3, -0.25) is 4.79 Å². The molecule has 0 unspecified atom stereocenters. The van der Waals surface area contributed by atoms with Crippen molar-refractivity contribution in [3.63, 3.8) is 0 Å². The normalized spacial score (nSPS) is 14.1. The minimum Gasteiger partial charge on any atom is -0.502 e. The number of rotatable bonds is 5. The number of phenolic OH excluding ortho intramolecular Hbond substituents is 1. The van der Waals surface area contributed by atoms with Gasteiger partial charge in [-0.15, -0.1) is 0 Å². The molecular formula is C26H26N2O5. The molecule has 4 aromatic rings. The van der Waals surface area contributed by atoms with E-state index >= 15 is 0 Å². The van der Waals surface area contributed by atoms with Gasteiger partial charge in [-0.25, -0.2) is 0 Å². The van der Waals surface area contributed by atoms with Crippen molar-refractivity contribution in [1.29, 1.82) is 0 Å². The number of para-hydroxylation sites is 1. The summed E-state index contributed by atoms with van der Waals surface area (Å²) < 4.78 is 18.3. The Hall–Kier alpha value is -3.71. The lowest BCUT2D eigenvalue weighted by Gasteiger charge is -2.29. The summed E-state index contributed by atoms with van der Waals surface area (Å²) in [6.45, 7) is 3.48. The monoisotopic (exact) mass is 446 g/mol. The number of hydrogen-bond acceptors (Lipinski definition) is 6. The first-order valence-corrected chi connectivity index (χ1v) is 10.9. The number of phenols is 1. The van der Waals surface area contributed by atoms with Gasteiger partial charge in [-0.05, 0) is 48.0 Å². The number of nitrogens with zero attached hydrogens (tertiary/aromatic N) is 2. The molecule has 170 valence electrons. The van der Waals surface area contributed by atoms with Crippen LogP contribution >= 0.6 is 0 Å². The molecular weight excluding hydrogens is 420 g/mol. The molecule has 0 bridgehead atoms. The van der Waals surface area contributed by atoms with E-state index in [1.165, 1.54) is 14.2 Å². The van der Waals surface area contributed by atoms with E-state index in [1.807, 2.05) is 36.4 Å². The van der Waals surface area contributed by atoms with E-state index in [0.29, 0.717) is 42.0 Å². The molecule has 7 heteroatoms. The fourth-order valence-corrected chi connectivity index (χ4v) is 4.52. The van der Waals surface area contributed by atoms with Gasteiger partial charge in [0.2, 0.25) is 5.75 Å². The first-order chi connectivity index (χ1) is 16.1. The van der Waals surface area contributed by atoms with Crippen molar-refractivity contribution >= 4 is 27.5 Å². The fraction of sp³-hybridized carbons (Fsp3) is 0.269. The molecule has 1 saturated heterocycles. The Bertz CT molecular complexity index is 1360. The predicted molar refractivity (Wildman–Crippen MR) is 129 cm³/mol. The fourth-order valence-electron chi connectivity index (χ4n) is 4.52. The standard InChI is InChI=1S/C26H26N2O5/c1-31-23-13-17(14-24(32-2)26(23)30)16-28-21-6-4-3-5-19(21)25(29)20-8-7-18(15-22(20)28)27-9-11-33-12-10-27/h3-8,13-15,30H,9-12,16H2,1-2H3. The van der Waals surface area contributed by atoms with Crippen LogP contribution in [0.2, 0.25) is 0 Å². The third-order valence-electron chi connectivity index (χ3n) is 6.21. The van der Waals surface area contributed by atoms with Crippen LogP contribution in [0.15, 0.2) is 59.4 Å². The van der Waals surface area contributed by atoms with Gasteiger partial charge in [0.1, 0.15) is 0 Å². The second-order valence-electron chi connectivity index (χ2n) is 8.08. The van der Waals surface area contributed by atoms with Crippen LogP contribution in [0, 0.1) is 0 Å². The topological polar surface area (TPSA) is 73.2 Å². The molecule has 1 aliphatic heterocycles. The third-order valence-corrected chi connectivity index (χ3v) is 6.21. The lowest BCUT2D eigenvalue weighted by atomic mass is 10.1. The molecule has 1 N–H and O–H groups in total. The van der Waals surface area contributed by atoms with Crippen molar-refractivity contribution in [3.05, 3.63) is 70.4 Å². The third kappa shape index (κ3) is 3.74. The first kappa shape index (κ1) is 21.2. The maximum atomic E-state index is 13.3. The minimum atomic E-state index is -0.0343. The van der Waals surface area contributed by atoms with Gasteiger partial charge < -0.3 is 28.8 Å². The average Bonchev–Trinajstić information content (AvgIpc) is 2.87. The number of fused-ring (bicyclic) bond motifs is 2. The Morgan fingerprint density at radius 3 is 2.27 bits per heavy atom. The van der Waals surface area contributed by atoms with Gasteiger partial charge in [0.25, 0.3) is 0 Å². The van der Waals surface area contributed by atoms with Crippen LogP contribution in [0.1, 0.15) is 5.56 Å². The SMILES string of the molecule is COc1cc(Cn2c3ccccc3c(=O)c3ccc(N4CCOCC4)cc32)cc(OC)c1O. The molecule has 5 rings (SSSR count). The maximum absolute atomic E-state index is 13.3. The molecule has 3 aromatic carbocycles. The Morgan fingerprint density at radius 1 is 0.909 bits per heavy atom. The summed E-state index contributed by atoms with van der Waals surface area (Å²) in [5, 5.41) is 11.7. The molecule has 1 aromatic heterocycles. The summed E-state index contributed by atoms with van der Waals surface area (Å²) in [5.74, 6) is 0.647. The average molecular weight is 447 g/mol. The zero-order valence-corrected chi connectivity index (χ0v) is 18.7. The molecule has 7 nitrogen and oxygen atoms in total. The summed E-state index contributed by atoms with van der Waals surface area (Å²) in [6, 6.07) is 17.3. The van der Waals surface area contributed by atoms with Crippen LogP contribution in [0.5, 0.6) is 17.2 Å². The number of ether oxygens (including phenoxy) is 3. The van der Waals surface area contributed by atoms with Gasteiger partial charge in [0.05, 0.1) is 38.5 Å². The van der Waals surface area contributed by atoms with Crippen LogP contribution in [0.25, 0.3) is 21.8 Å². The number of hydrogen-bond donors (Lipinski definition) is 1. The number of pyridine rings is 1. The zero-order valence-electron chi connectivity index (χ0n) is 18.7. The maximum Gasteiger partial charge on any atom is 0.200 e. The smallest absolute Gasteiger partial charge is 0.200 e. The van der Waals surface area contributed by atoms with Crippen molar-refractivity contribution in [2.75, 3.05) is 45.4 Å². The van der Waals surface area contributed by atoms with Crippen molar-refractivity contribution < 1.29 is 19.3 Å². The zero-order chi connectivity index (χ0) is 22.9. The van der Waals surface area contributed by atoms with Gasteiger partial charge >= 0.3 is 0 Å². The highest BCUT2D eigenvalue weighted by molar-refractivity contribution is 5.95. The Labute approximate surface area is 191 Å². The van der Waals surface area contributed by atoms with Crippen molar-refractivity contribution in [3.8, 4) is 17.2 Å². The Kier molecular flexibility index (Phi) is 5.56. The largest absolute Gasteiger partial charge is 0.502 e. The molecule has 0 atom stereocenters. The second kappa shape index (κ2) is 8.67. The summed E-state index contributed by atoms with van der Waals surface area (Å²) in [4.78, 5) is 15.6. The summed E-state index contributed by atoms with van der Waals surface area (Å²) in [5.41, 5.74) is 3.67. The first-order valence-electron chi connectivity index (χ1n) is 10.9. The van der Waals surface area contributed by atoms with E-state index in [2.05, 4.69) is 15.5 Å². The molecule has 0 saturated carbocycles. The van der Waals surface area contributed by atoms with Crippen LogP contribution in [-0.2, 0) is 11.3 Å². The Balaban J connectivity index is 1.73. The van der Waals surface area contributed by atoms with Crippen molar-refractivity contribution in [2.45, 2.75) is 6.54 Å². The van der Waals surface area contributed by atoms with Gasteiger partial charge in [0.15, 0.2) is 16.9 Å². The van der Waals surface area contributed by atoms with Gasteiger partial charge in [-0.2, -0.15) is 0 Å². The van der Waals surface area contributed by atoms with Crippen LogP contribution in [0.3, 0.4) is 0 Å². The van der Waals surface area contributed by atoms with Crippen LogP contribution in [0.4, 0.5) is 5.69 Å². The van der Waals surface area contributed by atoms with E-state index in [1.54, 1.807) is 12.1 Å². The van der Waals surface area contributed by atoms with E-state index in [0.717, 1.165) is 35.4 Å². The lowest BCUT2D eigenvalue weighted by molar-refractivity contribution is 0.122. The molecule has 0 spiro atoms. The Morgan fingerprint density at radius 2 is 1.58 bits per heavy atom. The minimum absolute atomic E-state index is 0.0197. The summed E-state index contributed by atoms with van der Waals surface area (Å²) in [7, 11) is 3.02. The highest BCUT2D eigenvalue weighted by atomic mass is 16.5. The number of aromatic hydroxyl groups is 1. The molecule has 1 aliphatic rings.